The van der Waals surface area contributed by atoms with E-state index in [1.807, 2.05) is 12.1 Å². The summed E-state index contributed by atoms with van der Waals surface area (Å²) in [5.41, 5.74) is 1.24. The fourth-order valence-electron chi connectivity index (χ4n) is 1.35. The van der Waals surface area contributed by atoms with Gasteiger partial charge in [-0.05, 0) is 29.8 Å². The highest BCUT2D eigenvalue weighted by molar-refractivity contribution is 6.67. The van der Waals surface area contributed by atoms with Crippen LogP contribution in [0.4, 0.5) is 0 Å². The molecule has 13 heavy (non-hydrogen) atoms. The predicted octanol–water partition coefficient (Wildman–Crippen LogP) is 1.95. The number of hydrogen-bond donors (Lipinski definition) is 0. The summed E-state index contributed by atoms with van der Waals surface area (Å²) in [7, 11) is 1.77. The normalized spacial score (nSPS) is 10.6. The van der Waals surface area contributed by atoms with Crippen molar-refractivity contribution in [3.05, 3.63) is 30.1 Å². The van der Waals surface area contributed by atoms with E-state index in [0.29, 0.717) is 5.69 Å². The first-order valence-electron chi connectivity index (χ1n) is 3.80. The molecule has 0 amide bonds. The predicted molar refractivity (Wildman–Crippen MR) is 50.9 cm³/mol. The first-order chi connectivity index (χ1) is 6.20. The van der Waals surface area contributed by atoms with E-state index in [1.54, 1.807) is 23.9 Å². The van der Waals surface area contributed by atoms with Crippen LogP contribution in [0.1, 0.15) is 10.5 Å². The van der Waals surface area contributed by atoms with E-state index in [1.165, 1.54) is 0 Å². The van der Waals surface area contributed by atoms with Crippen molar-refractivity contribution >= 4 is 27.9 Å². The first-order valence-corrected chi connectivity index (χ1v) is 4.18. The number of carbonyl (C=O) groups excluding carboxylic acids is 1. The summed E-state index contributed by atoms with van der Waals surface area (Å²) in [6, 6.07) is 5.45. The van der Waals surface area contributed by atoms with Crippen molar-refractivity contribution in [1.82, 2.24) is 9.55 Å². The van der Waals surface area contributed by atoms with Gasteiger partial charge in [-0.25, -0.2) is 4.98 Å². The maximum Gasteiger partial charge on any atom is 0.268 e. The zero-order chi connectivity index (χ0) is 9.42. The Bertz CT molecular complexity index is 475. The number of rotatable bonds is 1. The lowest BCUT2D eigenvalue weighted by atomic mass is 10.3. The van der Waals surface area contributed by atoms with Gasteiger partial charge in [0.15, 0.2) is 0 Å². The lowest BCUT2D eigenvalue weighted by molar-refractivity contribution is 0.107. The molecule has 3 nitrogen and oxygen atoms in total. The van der Waals surface area contributed by atoms with Gasteiger partial charge in [-0.2, -0.15) is 0 Å². The largest absolute Gasteiger partial charge is 0.325 e. The molecule has 0 atom stereocenters. The minimum Gasteiger partial charge on any atom is -0.325 e. The van der Waals surface area contributed by atoms with Gasteiger partial charge in [0.1, 0.15) is 11.3 Å². The number of hydrogen-bond acceptors (Lipinski definition) is 2. The molecule has 0 aliphatic carbocycles. The molecular weight excluding hydrogens is 188 g/mol. The molecule has 0 saturated carbocycles. The Balaban J connectivity index is 2.81. The summed E-state index contributed by atoms with van der Waals surface area (Å²) in [4.78, 5) is 15.1. The summed E-state index contributed by atoms with van der Waals surface area (Å²) in [5, 5.41) is 0.467. The van der Waals surface area contributed by atoms with Crippen LogP contribution in [0.15, 0.2) is 24.4 Å². The summed E-state index contributed by atoms with van der Waals surface area (Å²) >= 11 is 5.39. The van der Waals surface area contributed by atoms with Crippen LogP contribution in [0, 0.1) is 0 Å². The molecule has 2 aromatic heterocycles. The number of aromatic nitrogens is 2. The van der Waals surface area contributed by atoms with Gasteiger partial charge < -0.3 is 4.57 Å². The Morgan fingerprint density at radius 1 is 1.62 bits per heavy atom. The van der Waals surface area contributed by atoms with Crippen molar-refractivity contribution in [2.75, 3.05) is 0 Å². The van der Waals surface area contributed by atoms with Gasteiger partial charge in [0.05, 0.1) is 0 Å². The van der Waals surface area contributed by atoms with Crippen LogP contribution in [-0.2, 0) is 7.05 Å². The van der Waals surface area contributed by atoms with Crippen molar-refractivity contribution in [2.45, 2.75) is 0 Å². The third kappa shape index (κ3) is 1.21. The maximum atomic E-state index is 11.0. The molecule has 2 rings (SSSR count). The minimum absolute atomic E-state index is 0.458. The molecule has 0 radical (unpaired) electrons. The molecule has 0 N–H and O–H groups in total. The Hall–Kier alpha value is -1.35. The second-order valence-electron chi connectivity index (χ2n) is 2.78. The summed E-state index contributed by atoms with van der Waals surface area (Å²) in [6.45, 7) is 0. The Morgan fingerprint density at radius 2 is 2.38 bits per heavy atom. The second-order valence-corrected chi connectivity index (χ2v) is 3.12. The molecule has 4 heteroatoms. The standard InChI is InChI=1S/C9H7ClN2O/c1-12-7(8(10)13)5-6-3-2-4-11-9(6)12/h2-5H,1H3. The highest BCUT2D eigenvalue weighted by atomic mass is 35.5. The number of carbonyl (C=O) groups is 1. The van der Waals surface area contributed by atoms with E-state index >= 15 is 0 Å². The summed E-state index contributed by atoms with van der Waals surface area (Å²) in [5.74, 6) is 0. The molecule has 2 aromatic rings. The van der Waals surface area contributed by atoms with Crippen LogP contribution >= 0.6 is 11.6 Å². The van der Waals surface area contributed by atoms with Crippen molar-refractivity contribution in [1.29, 1.82) is 0 Å². The molecule has 0 aromatic carbocycles. The van der Waals surface area contributed by atoms with E-state index in [9.17, 15) is 4.79 Å². The second kappa shape index (κ2) is 2.85. The third-order valence-corrected chi connectivity index (χ3v) is 2.18. The zero-order valence-electron chi connectivity index (χ0n) is 6.99. The first kappa shape index (κ1) is 8.26. The van der Waals surface area contributed by atoms with Gasteiger partial charge in [-0.1, -0.05) is 0 Å². The molecule has 0 fully saturated rings. The summed E-state index contributed by atoms with van der Waals surface area (Å²) < 4.78 is 1.69. The van der Waals surface area contributed by atoms with Crippen LogP contribution in [0.2, 0.25) is 0 Å². The Kier molecular flexibility index (Phi) is 1.81. The molecule has 2 heterocycles. The molecule has 0 unspecified atom stereocenters. The number of aryl methyl sites for hydroxylation is 1. The van der Waals surface area contributed by atoms with Crippen molar-refractivity contribution in [2.24, 2.45) is 7.05 Å². The lowest BCUT2D eigenvalue weighted by Gasteiger charge is -1.96. The average Bonchev–Trinajstić information content (AvgIpc) is 2.45. The number of fused-ring (bicyclic) bond motifs is 1. The van der Waals surface area contributed by atoms with Gasteiger partial charge in [-0.15, -0.1) is 0 Å². The SMILES string of the molecule is Cn1c(C(=O)Cl)cc2cccnc21. The average molecular weight is 195 g/mol. The van der Waals surface area contributed by atoms with E-state index in [4.69, 9.17) is 11.6 Å². The molecule has 0 spiro atoms. The number of halogens is 1. The summed E-state index contributed by atoms with van der Waals surface area (Å²) in [6.07, 6.45) is 1.69. The number of pyridine rings is 1. The van der Waals surface area contributed by atoms with Crippen LogP contribution in [0.25, 0.3) is 11.0 Å². The highest BCUT2D eigenvalue weighted by Crippen LogP contribution is 2.17. The van der Waals surface area contributed by atoms with Gasteiger partial charge in [0.25, 0.3) is 5.24 Å². The van der Waals surface area contributed by atoms with E-state index in [0.717, 1.165) is 11.0 Å². The fraction of sp³-hybridized carbons (Fsp3) is 0.111. The van der Waals surface area contributed by atoms with Crippen LogP contribution in [-0.4, -0.2) is 14.8 Å². The van der Waals surface area contributed by atoms with Crippen LogP contribution < -0.4 is 0 Å². The molecule has 0 saturated heterocycles. The van der Waals surface area contributed by atoms with Crippen molar-refractivity contribution in [3.8, 4) is 0 Å². The van der Waals surface area contributed by atoms with Crippen LogP contribution in [0.3, 0.4) is 0 Å². The molecule has 0 aliphatic rings. The van der Waals surface area contributed by atoms with E-state index in [-0.39, 0.29) is 0 Å². The van der Waals surface area contributed by atoms with E-state index < -0.39 is 5.24 Å². The smallest absolute Gasteiger partial charge is 0.268 e. The third-order valence-electron chi connectivity index (χ3n) is 1.99. The monoisotopic (exact) mass is 194 g/mol. The molecule has 0 bridgehead atoms. The zero-order valence-corrected chi connectivity index (χ0v) is 7.75. The Labute approximate surface area is 79.9 Å². The van der Waals surface area contributed by atoms with Gasteiger partial charge >= 0.3 is 0 Å². The molecule has 66 valence electrons. The quantitative estimate of drug-likeness (QED) is 0.651. The highest BCUT2D eigenvalue weighted by Gasteiger charge is 2.10. The number of nitrogens with zero attached hydrogens (tertiary/aromatic N) is 2. The van der Waals surface area contributed by atoms with Gasteiger partial charge in [-0.3, -0.25) is 4.79 Å². The van der Waals surface area contributed by atoms with E-state index in [2.05, 4.69) is 4.98 Å². The molecule has 0 aliphatic heterocycles. The van der Waals surface area contributed by atoms with Crippen molar-refractivity contribution in [3.63, 3.8) is 0 Å². The Morgan fingerprint density at radius 3 is 3.00 bits per heavy atom. The minimum atomic E-state index is -0.458. The topological polar surface area (TPSA) is 34.9 Å². The van der Waals surface area contributed by atoms with Crippen molar-refractivity contribution < 1.29 is 4.79 Å². The van der Waals surface area contributed by atoms with Gasteiger partial charge in [0, 0.05) is 18.6 Å². The fourth-order valence-corrected chi connectivity index (χ4v) is 1.53. The molecular formula is C9H7ClN2O. The van der Waals surface area contributed by atoms with Crippen LogP contribution in [0.5, 0.6) is 0 Å². The lowest BCUT2D eigenvalue weighted by Crippen LogP contribution is -1.99. The maximum absolute atomic E-state index is 11.0. The van der Waals surface area contributed by atoms with Gasteiger partial charge in [0.2, 0.25) is 0 Å².